The van der Waals surface area contributed by atoms with Crippen LogP contribution in [0.25, 0.3) is 0 Å². The Hall–Kier alpha value is -3.55. The molecule has 4 amide bonds. The highest BCUT2D eigenvalue weighted by molar-refractivity contribution is 6.08. The third-order valence-electron chi connectivity index (χ3n) is 5.86. The van der Waals surface area contributed by atoms with E-state index in [2.05, 4.69) is 16.8 Å². The number of hydrogen-bond acceptors (Lipinski definition) is 5. The van der Waals surface area contributed by atoms with Crippen molar-refractivity contribution in [2.75, 3.05) is 25.1 Å². The van der Waals surface area contributed by atoms with Gasteiger partial charge in [0.1, 0.15) is 11.3 Å². The average Bonchev–Trinajstić information content (AvgIpc) is 2.97. The molecule has 1 atom stereocenters. The van der Waals surface area contributed by atoms with Gasteiger partial charge < -0.3 is 15.0 Å². The number of hydrogen-bond donors (Lipinski definition) is 2. The average molecular weight is 422 g/mol. The lowest BCUT2D eigenvalue weighted by Crippen LogP contribution is -2.51. The Bertz CT molecular complexity index is 1050. The highest BCUT2D eigenvalue weighted by atomic mass is 16.5. The molecule has 1 fully saturated rings. The van der Waals surface area contributed by atoms with E-state index in [-0.39, 0.29) is 6.54 Å². The summed E-state index contributed by atoms with van der Waals surface area (Å²) in [4.78, 5) is 40.3. The molecular formula is C23H26N4O4. The number of rotatable bonds is 5. The van der Waals surface area contributed by atoms with Gasteiger partial charge in [0.25, 0.3) is 11.8 Å². The standard InChI is InChI=1S/C23H26N4O4/c1-15-9-10-19-16(12-15)6-5-11-26(19)14-20(28)25-27-21(29)23(2,24-22(27)30)17-7-4-8-18(13-17)31-3/h4,7-10,12-13H,5-6,11,14H2,1-3H3,(H,24,30)(H,25,28). The quantitative estimate of drug-likeness (QED) is 0.722. The van der Waals surface area contributed by atoms with E-state index in [9.17, 15) is 14.4 Å². The number of carbonyl (C=O) groups excluding carboxylic acids is 3. The van der Waals surface area contributed by atoms with E-state index in [1.165, 1.54) is 18.2 Å². The SMILES string of the molecule is COc1cccc(C2(C)NC(=O)N(NC(=O)CN3CCCc4cc(C)ccc43)C2=O)c1. The molecular weight excluding hydrogens is 396 g/mol. The molecule has 162 valence electrons. The monoisotopic (exact) mass is 422 g/mol. The minimum Gasteiger partial charge on any atom is -0.497 e. The molecule has 0 bridgehead atoms. The summed E-state index contributed by atoms with van der Waals surface area (Å²) in [6.45, 7) is 4.45. The van der Waals surface area contributed by atoms with Crippen molar-refractivity contribution in [3.63, 3.8) is 0 Å². The fourth-order valence-corrected chi connectivity index (χ4v) is 4.17. The second-order valence-corrected chi connectivity index (χ2v) is 8.12. The number of anilines is 1. The van der Waals surface area contributed by atoms with Gasteiger partial charge in [0.2, 0.25) is 0 Å². The number of urea groups is 1. The predicted molar refractivity (Wildman–Crippen MR) is 116 cm³/mol. The van der Waals surface area contributed by atoms with E-state index in [0.29, 0.717) is 11.3 Å². The first kappa shape index (κ1) is 20.7. The normalized spacial score (nSPS) is 20.4. The van der Waals surface area contributed by atoms with Crippen LogP contribution in [0.4, 0.5) is 10.5 Å². The van der Waals surface area contributed by atoms with Crippen LogP contribution >= 0.6 is 0 Å². The molecule has 31 heavy (non-hydrogen) atoms. The number of ether oxygens (including phenoxy) is 1. The van der Waals surface area contributed by atoms with Gasteiger partial charge in [-0.3, -0.25) is 15.0 Å². The molecule has 8 heteroatoms. The molecule has 0 radical (unpaired) electrons. The Morgan fingerprint density at radius 1 is 1.23 bits per heavy atom. The zero-order chi connectivity index (χ0) is 22.2. The second-order valence-electron chi connectivity index (χ2n) is 8.12. The zero-order valence-electron chi connectivity index (χ0n) is 17.9. The molecule has 0 saturated carbocycles. The van der Waals surface area contributed by atoms with Gasteiger partial charge in [0, 0.05) is 12.2 Å². The second kappa shape index (κ2) is 7.94. The summed E-state index contributed by atoms with van der Waals surface area (Å²) in [6, 6.07) is 12.4. The number of aryl methyl sites for hydroxylation is 2. The van der Waals surface area contributed by atoms with Gasteiger partial charge in [-0.2, -0.15) is 5.01 Å². The van der Waals surface area contributed by atoms with E-state index in [1.807, 2.05) is 24.0 Å². The first-order valence-electron chi connectivity index (χ1n) is 10.3. The lowest BCUT2D eigenvalue weighted by molar-refractivity contribution is -0.138. The molecule has 2 aliphatic heterocycles. The minimum atomic E-state index is -1.30. The maximum atomic E-state index is 13.1. The predicted octanol–water partition coefficient (Wildman–Crippen LogP) is 2.25. The van der Waals surface area contributed by atoms with Crippen LogP contribution in [0, 0.1) is 6.92 Å². The third-order valence-corrected chi connectivity index (χ3v) is 5.86. The molecule has 0 spiro atoms. The van der Waals surface area contributed by atoms with E-state index >= 15 is 0 Å². The first-order chi connectivity index (χ1) is 14.8. The van der Waals surface area contributed by atoms with Crippen molar-refractivity contribution >= 4 is 23.5 Å². The Kier molecular flexibility index (Phi) is 5.31. The molecule has 2 aliphatic rings. The Balaban J connectivity index is 1.48. The first-order valence-corrected chi connectivity index (χ1v) is 10.3. The number of methoxy groups -OCH3 is 1. The van der Waals surface area contributed by atoms with E-state index in [1.54, 1.807) is 31.2 Å². The summed E-state index contributed by atoms with van der Waals surface area (Å²) in [5, 5.41) is 3.45. The molecule has 1 unspecified atom stereocenters. The summed E-state index contributed by atoms with van der Waals surface area (Å²) < 4.78 is 5.22. The fraction of sp³-hybridized carbons (Fsp3) is 0.348. The maximum Gasteiger partial charge on any atom is 0.344 e. The number of fused-ring (bicyclic) bond motifs is 1. The number of imide groups is 1. The minimum absolute atomic E-state index is 0.0585. The van der Waals surface area contributed by atoms with Crippen LogP contribution in [0.1, 0.15) is 30.0 Å². The molecule has 4 rings (SSSR count). The van der Waals surface area contributed by atoms with Crippen LogP contribution in [0.15, 0.2) is 42.5 Å². The third kappa shape index (κ3) is 3.81. The number of nitrogens with zero attached hydrogens (tertiary/aromatic N) is 2. The van der Waals surface area contributed by atoms with Gasteiger partial charge in [-0.05, 0) is 56.0 Å². The van der Waals surface area contributed by atoms with Crippen LogP contribution in [-0.4, -0.2) is 43.1 Å². The highest BCUT2D eigenvalue weighted by Gasteiger charge is 2.50. The smallest absolute Gasteiger partial charge is 0.344 e. The Labute approximate surface area is 181 Å². The van der Waals surface area contributed by atoms with Crippen molar-refractivity contribution in [2.24, 2.45) is 0 Å². The summed E-state index contributed by atoms with van der Waals surface area (Å²) in [5.41, 5.74) is 5.16. The lowest BCUT2D eigenvalue weighted by atomic mass is 9.92. The Morgan fingerprint density at radius 2 is 2.03 bits per heavy atom. The molecule has 2 N–H and O–H groups in total. The number of carbonyl (C=O) groups is 3. The van der Waals surface area contributed by atoms with Gasteiger partial charge in [0.15, 0.2) is 0 Å². The molecule has 2 heterocycles. The summed E-state index contributed by atoms with van der Waals surface area (Å²) in [7, 11) is 1.53. The molecule has 8 nitrogen and oxygen atoms in total. The van der Waals surface area contributed by atoms with Crippen molar-refractivity contribution in [2.45, 2.75) is 32.2 Å². The zero-order valence-corrected chi connectivity index (χ0v) is 17.9. The van der Waals surface area contributed by atoms with Crippen molar-refractivity contribution in [3.05, 3.63) is 59.2 Å². The number of amides is 4. The van der Waals surface area contributed by atoms with Crippen LogP contribution < -0.4 is 20.4 Å². The van der Waals surface area contributed by atoms with Crippen molar-refractivity contribution in [1.29, 1.82) is 0 Å². The molecule has 0 aromatic heterocycles. The van der Waals surface area contributed by atoms with Crippen LogP contribution in [0.5, 0.6) is 5.75 Å². The van der Waals surface area contributed by atoms with Gasteiger partial charge >= 0.3 is 6.03 Å². The van der Waals surface area contributed by atoms with E-state index in [4.69, 9.17) is 4.74 Å². The van der Waals surface area contributed by atoms with Crippen molar-refractivity contribution in [1.82, 2.24) is 15.8 Å². The van der Waals surface area contributed by atoms with Crippen molar-refractivity contribution < 1.29 is 19.1 Å². The van der Waals surface area contributed by atoms with Crippen LogP contribution in [0.2, 0.25) is 0 Å². The van der Waals surface area contributed by atoms with Gasteiger partial charge in [-0.25, -0.2) is 4.79 Å². The summed E-state index contributed by atoms with van der Waals surface area (Å²) in [5.74, 6) is -0.400. The Morgan fingerprint density at radius 3 is 2.81 bits per heavy atom. The molecule has 1 saturated heterocycles. The van der Waals surface area contributed by atoms with Gasteiger partial charge in [-0.15, -0.1) is 0 Å². The van der Waals surface area contributed by atoms with Crippen LogP contribution in [0.3, 0.4) is 0 Å². The van der Waals surface area contributed by atoms with Gasteiger partial charge in [-0.1, -0.05) is 29.8 Å². The fourth-order valence-electron chi connectivity index (χ4n) is 4.17. The molecule has 0 aliphatic carbocycles. The van der Waals surface area contributed by atoms with Crippen molar-refractivity contribution in [3.8, 4) is 5.75 Å². The lowest BCUT2D eigenvalue weighted by Gasteiger charge is -2.31. The summed E-state index contributed by atoms with van der Waals surface area (Å²) >= 11 is 0. The van der Waals surface area contributed by atoms with Crippen LogP contribution in [-0.2, 0) is 21.5 Å². The number of hydrazine groups is 1. The molecule has 2 aromatic carbocycles. The largest absolute Gasteiger partial charge is 0.497 e. The molecule has 2 aromatic rings. The maximum absolute atomic E-state index is 13.1. The summed E-state index contributed by atoms with van der Waals surface area (Å²) in [6.07, 6.45) is 1.92. The number of benzene rings is 2. The van der Waals surface area contributed by atoms with E-state index < -0.39 is 23.4 Å². The van der Waals surface area contributed by atoms with Gasteiger partial charge in [0.05, 0.1) is 13.7 Å². The number of nitrogens with one attached hydrogen (secondary N) is 2. The topological polar surface area (TPSA) is 91.0 Å². The van der Waals surface area contributed by atoms with E-state index in [0.717, 1.165) is 30.1 Å². The highest BCUT2D eigenvalue weighted by Crippen LogP contribution is 2.30.